The zero-order valence-electron chi connectivity index (χ0n) is 12.5. The van der Waals surface area contributed by atoms with Crippen molar-refractivity contribution in [3.05, 3.63) is 17.1 Å². The second kappa shape index (κ2) is 6.79. The molecule has 2 aliphatic rings. The zero-order valence-corrected chi connectivity index (χ0v) is 13.3. The van der Waals surface area contributed by atoms with Crippen molar-refractivity contribution in [2.75, 3.05) is 12.4 Å². The largest absolute Gasteiger partial charge is 0.373 e. The van der Waals surface area contributed by atoms with Crippen LogP contribution in [0.4, 0.5) is 5.82 Å². The van der Waals surface area contributed by atoms with Crippen molar-refractivity contribution in [1.82, 2.24) is 9.97 Å². The van der Waals surface area contributed by atoms with E-state index in [-0.39, 0.29) is 0 Å². The molecule has 0 atom stereocenters. The van der Waals surface area contributed by atoms with E-state index in [1.54, 1.807) is 0 Å². The number of nitrogens with zero attached hydrogens (tertiary/aromatic N) is 2. The van der Waals surface area contributed by atoms with Crippen LogP contribution in [0.5, 0.6) is 0 Å². The van der Waals surface area contributed by atoms with Gasteiger partial charge in [0.1, 0.15) is 11.6 Å². The number of aromatic nitrogens is 2. The fourth-order valence-electron chi connectivity index (χ4n) is 3.34. The van der Waals surface area contributed by atoms with E-state index in [1.165, 1.54) is 56.2 Å². The molecule has 20 heavy (non-hydrogen) atoms. The van der Waals surface area contributed by atoms with Crippen LogP contribution in [0.1, 0.15) is 62.0 Å². The smallest absolute Gasteiger partial charge is 0.140 e. The van der Waals surface area contributed by atoms with E-state index in [0.29, 0.717) is 0 Å². The minimum Gasteiger partial charge on any atom is -0.373 e. The number of thioether (sulfide) groups is 1. The summed E-state index contributed by atoms with van der Waals surface area (Å²) >= 11 is 2.07. The third-order valence-electron chi connectivity index (χ3n) is 4.47. The number of rotatable bonds is 4. The molecule has 3 rings (SSSR count). The average Bonchev–Trinajstić information content (AvgIpc) is 2.53. The van der Waals surface area contributed by atoms with Crippen molar-refractivity contribution in [2.45, 2.75) is 68.8 Å². The Labute approximate surface area is 126 Å². The highest BCUT2D eigenvalue weighted by atomic mass is 32.2. The second-order valence-electron chi connectivity index (χ2n) is 5.94. The van der Waals surface area contributed by atoms with Gasteiger partial charge in [0.05, 0.1) is 5.75 Å². The lowest BCUT2D eigenvalue weighted by atomic mass is 9.96. The van der Waals surface area contributed by atoms with E-state index >= 15 is 0 Å². The minimum atomic E-state index is 0.835. The Balaban J connectivity index is 1.69. The number of fused-ring (bicyclic) bond motifs is 1. The van der Waals surface area contributed by atoms with Crippen molar-refractivity contribution in [3.63, 3.8) is 0 Å². The van der Waals surface area contributed by atoms with Gasteiger partial charge in [0.2, 0.25) is 0 Å². The monoisotopic (exact) mass is 291 g/mol. The Kier molecular flexibility index (Phi) is 4.81. The van der Waals surface area contributed by atoms with E-state index in [9.17, 15) is 0 Å². The number of hydrogen-bond donors (Lipinski definition) is 1. The molecule has 110 valence electrons. The van der Waals surface area contributed by atoms with Crippen molar-refractivity contribution in [2.24, 2.45) is 0 Å². The fraction of sp³-hybridized carbons (Fsp3) is 0.750. The van der Waals surface area contributed by atoms with Crippen molar-refractivity contribution < 1.29 is 0 Å². The topological polar surface area (TPSA) is 37.8 Å². The van der Waals surface area contributed by atoms with Gasteiger partial charge in [-0.25, -0.2) is 9.97 Å². The standard InChI is InChI=1S/C16H25N3S/c1-17-16-13-9-5-6-10-14(13)18-15(19-16)11-20-12-7-3-2-4-8-12/h12H,2-11H2,1H3,(H,17,18,19). The number of aryl methyl sites for hydroxylation is 1. The normalized spacial score (nSPS) is 19.6. The molecule has 0 radical (unpaired) electrons. The summed E-state index contributed by atoms with van der Waals surface area (Å²) in [6, 6.07) is 0. The molecule has 0 aliphatic heterocycles. The van der Waals surface area contributed by atoms with E-state index in [0.717, 1.165) is 35.5 Å². The van der Waals surface area contributed by atoms with Crippen LogP contribution in [-0.2, 0) is 18.6 Å². The minimum absolute atomic E-state index is 0.835. The van der Waals surface area contributed by atoms with Crippen molar-refractivity contribution >= 4 is 17.6 Å². The maximum Gasteiger partial charge on any atom is 0.140 e. The molecule has 1 aromatic heterocycles. The summed E-state index contributed by atoms with van der Waals surface area (Å²) in [5.74, 6) is 3.09. The van der Waals surface area contributed by atoms with Crippen molar-refractivity contribution in [1.29, 1.82) is 0 Å². The molecule has 3 nitrogen and oxygen atoms in total. The molecule has 0 unspecified atom stereocenters. The number of hydrogen-bond acceptors (Lipinski definition) is 4. The molecule has 1 N–H and O–H groups in total. The number of anilines is 1. The maximum absolute atomic E-state index is 4.83. The molecule has 0 amide bonds. The van der Waals surface area contributed by atoms with Gasteiger partial charge in [-0.15, -0.1) is 0 Å². The Morgan fingerprint density at radius 3 is 2.65 bits per heavy atom. The summed E-state index contributed by atoms with van der Waals surface area (Å²) < 4.78 is 0. The molecule has 4 heteroatoms. The highest BCUT2D eigenvalue weighted by Gasteiger charge is 2.18. The van der Waals surface area contributed by atoms with Gasteiger partial charge in [-0.1, -0.05) is 19.3 Å². The van der Waals surface area contributed by atoms with Crippen LogP contribution in [0, 0.1) is 0 Å². The summed E-state index contributed by atoms with van der Waals surface area (Å²) in [5.41, 5.74) is 2.67. The highest BCUT2D eigenvalue weighted by molar-refractivity contribution is 7.99. The Morgan fingerprint density at radius 2 is 1.85 bits per heavy atom. The molecular formula is C16H25N3S. The van der Waals surface area contributed by atoms with Crippen LogP contribution in [0.2, 0.25) is 0 Å². The molecule has 1 heterocycles. The molecular weight excluding hydrogens is 266 g/mol. The fourth-order valence-corrected chi connectivity index (χ4v) is 4.52. The lowest BCUT2D eigenvalue weighted by molar-refractivity contribution is 0.516. The van der Waals surface area contributed by atoms with Gasteiger partial charge < -0.3 is 5.32 Å². The van der Waals surface area contributed by atoms with E-state index in [2.05, 4.69) is 17.1 Å². The second-order valence-corrected chi connectivity index (χ2v) is 7.23. The first-order valence-electron chi connectivity index (χ1n) is 8.05. The van der Waals surface area contributed by atoms with Gasteiger partial charge in [-0.05, 0) is 38.5 Å². The van der Waals surface area contributed by atoms with E-state index < -0.39 is 0 Å². The molecule has 0 aromatic carbocycles. The predicted molar refractivity (Wildman–Crippen MR) is 86.4 cm³/mol. The summed E-state index contributed by atoms with van der Waals surface area (Å²) in [5, 5.41) is 4.11. The van der Waals surface area contributed by atoms with Crippen LogP contribution in [0.25, 0.3) is 0 Å². The van der Waals surface area contributed by atoms with Gasteiger partial charge in [0, 0.05) is 23.6 Å². The molecule has 0 spiro atoms. The van der Waals surface area contributed by atoms with Crippen LogP contribution in [0.3, 0.4) is 0 Å². The Morgan fingerprint density at radius 1 is 1.05 bits per heavy atom. The molecule has 1 aromatic rings. The van der Waals surface area contributed by atoms with Gasteiger partial charge in [0.15, 0.2) is 0 Å². The first-order chi connectivity index (χ1) is 9.86. The SMILES string of the molecule is CNc1nc(CSC2CCCCC2)nc2c1CCCC2. The Hall–Kier alpha value is -0.770. The van der Waals surface area contributed by atoms with Crippen LogP contribution >= 0.6 is 11.8 Å². The predicted octanol–water partition coefficient (Wildman–Crippen LogP) is 3.96. The summed E-state index contributed by atoms with van der Waals surface area (Å²) in [4.78, 5) is 9.58. The first-order valence-corrected chi connectivity index (χ1v) is 9.09. The lowest BCUT2D eigenvalue weighted by Crippen LogP contribution is -2.14. The summed E-state index contributed by atoms with van der Waals surface area (Å²) in [6.07, 6.45) is 11.8. The number of nitrogens with one attached hydrogen (secondary N) is 1. The van der Waals surface area contributed by atoms with Gasteiger partial charge >= 0.3 is 0 Å². The Bertz CT molecular complexity index is 438. The van der Waals surface area contributed by atoms with Crippen LogP contribution in [-0.4, -0.2) is 22.3 Å². The van der Waals surface area contributed by atoms with E-state index in [4.69, 9.17) is 9.97 Å². The van der Waals surface area contributed by atoms with Gasteiger partial charge in [0.25, 0.3) is 0 Å². The van der Waals surface area contributed by atoms with Gasteiger partial charge in [-0.3, -0.25) is 0 Å². The zero-order chi connectivity index (χ0) is 13.8. The van der Waals surface area contributed by atoms with Crippen molar-refractivity contribution in [3.8, 4) is 0 Å². The maximum atomic E-state index is 4.83. The molecule has 1 saturated carbocycles. The highest BCUT2D eigenvalue weighted by Crippen LogP contribution is 2.31. The molecule has 2 aliphatic carbocycles. The van der Waals surface area contributed by atoms with Crippen LogP contribution in [0.15, 0.2) is 0 Å². The quantitative estimate of drug-likeness (QED) is 0.911. The van der Waals surface area contributed by atoms with E-state index in [1.807, 2.05) is 7.05 Å². The molecule has 0 saturated heterocycles. The third-order valence-corrected chi connectivity index (χ3v) is 5.83. The lowest BCUT2D eigenvalue weighted by Gasteiger charge is -2.22. The average molecular weight is 291 g/mol. The molecule has 0 bridgehead atoms. The third kappa shape index (κ3) is 3.27. The van der Waals surface area contributed by atoms with Gasteiger partial charge in [-0.2, -0.15) is 11.8 Å². The van der Waals surface area contributed by atoms with Crippen LogP contribution < -0.4 is 5.32 Å². The molecule has 1 fully saturated rings. The summed E-state index contributed by atoms with van der Waals surface area (Å²) in [6.45, 7) is 0. The first kappa shape index (κ1) is 14.2. The summed E-state index contributed by atoms with van der Waals surface area (Å²) in [7, 11) is 1.98.